The molecule has 0 saturated heterocycles. The van der Waals surface area contributed by atoms with Crippen LogP contribution in [0.5, 0.6) is 5.95 Å². The van der Waals surface area contributed by atoms with Gasteiger partial charge in [-0.1, -0.05) is 0 Å². The van der Waals surface area contributed by atoms with Crippen molar-refractivity contribution in [2.75, 3.05) is 0 Å². The first-order valence-corrected chi connectivity index (χ1v) is 4.39. The third kappa shape index (κ3) is 1.70. The molecule has 16 heavy (non-hydrogen) atoms. The third-order valence-corrected chi connectivity index (χ3v) is 2.10. The lowest BCUT2D eigenvalue weighted by Gasteiger charge is -1.95. The zero-order chi connectivity index (χ0) is 11.7. The molecule has 0 unspecified atom stereocenters. The van der Waals surface area contributed by atoms with E-state index < -0.39 is 10.9 Å². The molecule has 0 radical (unpaired) electrons. The molecule has 7 nitrogen and oxygen atoms in total. The Hall–Kier alpha value is -2.44. The minimum Gasteiger partial charge on any atom is -0.539 e. The molecule has 0 aliphatic heterocycles. The number of nitrogens with zero attached hydrogens (tertiary/aromatic N) is 3. The molecule has 0 bridgehead atoms. The lowest BCUT2D eigenvalue weighted by Crippen LogP contribution is -2.31. The predicted molar refractivity (Wildman–Crippen MR) is 48.9 cm³/mol. The number of hydrogen-bond donors (Lipinski definition) is 0. The summed E-state index contributed by atoms with van der Waals surface area (Å²) >= 11 is 0. The Morgan fingerprint density at radius 1 is 1.50 bits per heavy atom. The van der Waals surface area contributed by atoms with Crippen molar-refractivity contribution in [1.29, 1.82) is 0 Å². The largest absolute Gasteiger partial charge is 0.539 e. The van der Waals surface area contributed by atoms with Crippen molar-refractivity contribution in [1.82, 2.24) is 5.27 Å². The van der Waals surface area contributed by atoms with E-state index in [1.807, 2.05) is 0 Å². The maximum Gasteiger partial charge on any atom is 0.279 e. The van der Waals surface area contributed by atoms with Gasteiger partial charge in [0.15, 0.2) is 0 Å². The van der Waals surface area contributed by atoms with Gasteiger partial charge in [-0.05, 0) is 17.7 Å². The van der Waals surface area contributed by atoms with Crippen molar-refractivity contribution in [3.63, 3.8) is 0 Å². The Morgan fingerprint density at radius 2 is 2.25 bits per heavy atom. The molecule has 0 amide bonds. The fraction of sp³-hybridized carbons (Fsp3) is 0.111. The second kappa shape index (κ2) is 3.61. The second-order valence-electron chi connectivity index (χ2n) is 3.19. The van der Waals surface area contributed by atoms with Crippen molar-refractivity contribution in [2.45, 2.75) is 6.92 Å². The molecule has 0 aliphatic carbocycles. The van der Waals surface area contributed by atoms with Gasteiger partial charge in [0.1, 0.15) is 5.95 Å². The molecule has 2 aromatic rings. The Balaban J connectivity index is 2.51. The highest BCUT2D eigenvalue weighted by molar-refractivity contribution is 5.45. The molecule has 7 heteroatoms. The van der Waals surface area contributed by atoms with Crippen molar-refractivity contribution in [3.05, 3.63) is 40.1 Å². The summed E-state index contributed by atoms with van der Waals surface area (Å²) in [4.78, 5) is 10.2. The van der Waals surface area contributed by atoms with Gasteiger partial charge in [-0.15, -0.1) is 0 Å². The van der Waals surface area contributed by atoms with Gasteiger partial charge in [-0.3, -0.25) is 10.1 Å². The number of aryl methyl sites for hydroxylation is 1. The minimum atomic E-state index is -0.608. The van der Waals surface area contributed by atoms with Gasteiger partial charge in [-0.2, -0.15) is 0 Å². The fourth-order valence-corrected chi connectivity index (χ4v) is 1.29. The van der Waals surface area contributed by atoms with Gasteiger partial charge < -0.3 is 9.63 Å². The van der Waals surface area contributed by atoms with Crippen LogP contribution in [0.1, 0.15) is 5.56 Å². The molecule has 82 valence electrons. The molecule has 1 aromatic carbocycles. The SMILES string of the molecule is Cc1ccc(-[n+]2cc([O-])on2)cc1[N+](=O)[O-]. The molecule has 1 heterocycles. The monoisotopic (exact) mass is 221 g/mol. The van der Waals surface area contributed by atoms with Crippen molar-refractivity contribution < 1.29 is 19.2 Å². The molecular formula is C9H7N3O4. The van der Waals surface area contributed by atoms with Crippen LogP contribution >= 0.6 is 0 Å². The summed E-state index contributed by atoms with van der Waals surface area (Å²) in [5.41, 5.74) is 0.920. The normalized spacial score (nSPS) is 10.3. The Labute approximate surface area is 89.7 Å². The molecule has 0 atom stereocenters. The van der Waals surface area contributed by atoms with Crippen molar-refractivity contribution in [2.24, 2.45) is 0 Å². The van der Waals surface area contributed by atoms with E-state index in [2.05, 4.69) is 9.79 Å². The van der Waals surface area contributed by atoms with Crippen LogP contribution in [0.15, 0.2) is 28.9 Å². The van der Waals surface area contributed by atoms with Crippen molar-refractivity contribution in [3.8, 4) is 11.6 Å². The number of hydrogen-bond acceptors (Lipinski definition) is 5. The number of benzene rings is 1. The zero-order valence-electron chi connectivity index (χ0n) is 8.28. The van der Waals surface area contributed by atoms with E-state index in [-0.39, 0.29) is 5.69 Å². The first kappa shape index (κ1) is 10.1. The summed E-state index contributed by atoms with van der Waals surface area (Å²) < 4.78 is 5.48. The quantitative estimate of drug-likeness (QED) is 0.411. The van der Waals surface area contributed by atoms with E-state index in [1.165, 1.54) is 6.07 Å². The van der Waals surface area contributed by atoms with Crippen LogP contribution in [-0.4, -0.2) is 10.2 Å². The van der Waals surface area contributed by atoms with Gasteiger partial charge in [0.05, 0.1) is 16.3 Å². The topological polar surface area (TPSA) is 96.1 Å². The molecule has 0 aliphatic rings. The summed E-state index contributed by atoms with van der Waals surface area (Å²) in [6.07, 6.45) is 1.11. The lowest BCUT2D eigenvalue weighted by atomic mass is 10.2. The second-order valence-corrected chi connectivity index (χ2v) is 3.19. The van der Waals surface area contributed by atoms with Gasteiger partial charge in [0.25, 0.3) is 5.69 Å². The summed E-state index contributed by atoms with van der Waals surface area (Å²) in [6, 6.07) is 4.53. The van der Waals surface area contributed by atoms with Crippen LogP contribution in [0.4, 0.5) is 5.69 Å². The smallest absolute Gasteiger partial charge is 0.279 e. The van der Waals surface area contributed by atoms with E-state index in [0.717, 1.165) is 10.9 Å². The van der Waals surface area contributed by atoms with Crippen LogP contribution in [0, 0.1) is 17.0 Å². The highest BCUT2D eigenvalue weighted by atomic mass is 16.6. The van der Waals surface area contributed by atoms with Gasteiger partial charge in [0, 0.05) is 11.6 Å². The molecule has 0 spiro atoms. The van der Waals surface area contributed by atoms with Crippen LogP contribution in [0.2, 0.25) is 0 Å². The molecule has 0 N–H and O–H groups in total. The number of nitro benzene ring substituents is 1. The highest BCUT2D eigenvalue weighted by Crippen LogP contribution is 2.19. The zero-order valence-corrected chi connectivity index (χ0v) is 8.28. The minimum absolute atomic E-state index is 0.0274. The van der Waals surface area contributed by atoms with E-state index in [4.69, 9.17) is 0 Å². The molecule has 0 fully saturated rings. The van der Waals surface area contributed by atoms with E-state index in [1.54, 1.807) is 19.1 Å². The first-order chi connectivity index (χ1) is 7.58. The summed E-state index contributed by atoms with van der Waals surface area (Å²) in [7, 11) is 0. The predicted octanol–water partition coefficient (Wildman–Crippen LogP) is 0.242. The average molecular weight is 221 g/mol. The van der Waals surface area contributed by atoms with Gasteiger partial charge in [-0.25, -0.2) is 0 Å². The Bertz CT molecular complexity index is 549. The average Bonchev–Trinajstić information content (AvgIpc) is 2.65. The van der Waals surface area contributed by atoms with Gasteiger partial charge in [0.2, 0.25) is 11.9 Å². The van der Waals surface area contributed by atoms with Gasteiger partial charge >= 0.3 is 0 Å². The Kier molecular flexibility index (Phi) is 2.28. The van der Waals surface area contributed by atoms with Crippen LogP contribution in [0.3, 0.4) is 0 Å². The van der Waals surface area contributed by atoms with Crippen LogP contribution < -0.4 is 9.79 Å². The maximum atomic E-state index is 10.8. The first-order valence-electron chi connectivity index (χ1n) is 4.39. The molecule has 2 rings (SSSR count). The highest BCUT2D eigenvalue weighted by Gasteiger charge is 2.17. The molecule has 0 saturated carbocycles. The number of rotatable bonds is 2. The molecular weight excluding hydrogens is 214 g/mol. The van der Waals surface area contributed by atoms with E-state index in [9.17, 15) is 15.2 Å². The van der Waals surface area contributed by atoms with Crippen LogP contribution in [0.25, 0.3) is 5.69 Å². The fourth-order valence-electron chi connectivity index (χ4n) is 1.29. The van der Waals surface area contributed by atoms with E-state index >= 15 is 0 Å². The maximum absolute atomic E-state index is 10.8. The standard InChI is InChI=1S/C9H7N3O4/c1-6-2-3-7(4-8(6)12(14)15)11-5-9(13)16-10-11/h2-5H,1H3. The number of aromatic nitrogens is 2. The van der Waals surface area contributed by atoms with Crippen LogP contribution in [-0.2, 0) is 0 Å². The number of nitro groups is 1. The summed E-state index contributed by atoms with van der Waals surface area (Å²) in [5.74, 6) is -0.608. The molecule has 1 aromatic heterocycles. The lowest BCUT2D eigenvalue weighted by molar-refractivity contribution is -0.670. The van der Waals surface area contributed by atoms with Crippen molar-refractivity contribution >= 4 is 5.69 Å². The third-order valence-electron chi connectivity index (χ3n) is 2.10. The summed E-state index contributed by atoms with van der Waals surface area (Å²) in [5, 5.41) is 24.9. The summed E-state index contributed by atoms with van der Waals surface area (Å²) in [6.45, 7) is 1.63. The van der Waals surface area contributed by atoms with E-state index in [0.29, 0.717) is 11.3 Å². The Morgan fingerprint density at radius 3 is 2.81 bits per heavy atom.